The van der Waals surface area contributed by atoms with Gasteiger partial charge in [-0.3, -0.25) is 9.59 Å². The summed E-state index contributed by atoms with van der Waals surface area (Å²) < 4.78 is 5.62. The summed E-state index contributed by atoms with van der Waals surface area (Å²) in [7, 11) is 0. The van der Waals surface area contributed by atoms with Crippen LogP contribution in [0.2, 0.25) is 0 Å². The van der Waals surface area contributed by atoms with Crippen molar-refractivity contribution < 1.29 is 24.2 Å². The summed E-state index contributed by atoms with van der Waals surface area (Å²) in [5.41, 5.74) is 4.57. The van der Waals surface area contributed by atoms with Crippen LogP contribution < -0.4 is 5.32 Å². The summed E-state index contributed by atoms with van der Waals surface area (Å²) in [6, 6.07) is 15.6. The van der Waals surface area contributed by atoms with Gasteiger partial charge >= 0.3 is 12.1 Å². The van der Waals surface area contributed by atoms with Crippen molar-refractivity contribution in [2.45, 2.75) is 52.0 Å². The lowest BCUT2D eigenvalue weighted by Gasteiger charge is -2.29. The third-order valence-corrected chi connectivity index (χ3v) is 6.31. The Morgan fingerprint density at radius 1 is 1.00 bits per heavy atom. The van der Waals surface area contributed by atoms with E-state index in [2.05, 4.69) is 29.6 Å². The van der Waals surface area contributed by atoms with Gasteiger partial charge < -0.3 is 20.1 Å². The Kier molecular flexibility index (Phi) is 8.68. The molecule has 7 heteroatoms. The summed E-state index contributed by atoms with van der Waals surface area (Å²) in [5, 5.41) is 11.6. The number of ether oxygens (including phenoxy) is 1. The second-order valence-corrected chi connectivity index (χ2v) is 8.96. The van der Waals surface area contributed by atoms with Crippen molar-refractivity contribution in [2.24, 2.45) is 5.92 Å². The highest BCUT2D eigenvalue weighted by Crippen LogP contribution is 2.44. The number of alkyl carbamates (subject to hydrolysis) is 1. The fourth-order valence-electron chi connectivity index (χ4n) is 4.48. The number of benzene rings is 2. The Labute approximate surface area is 201 Å². The molecule has 2 aromatic carbocycles. The lowest BCUT2D eigenvalue weighted by molar-refractivity contribution is -0.137. The zero-order valence-electron chi connectivity index (χ0n) is 20.1. The van der Waals surface area contributed by atoms with Crippen LogP contribution in [0.5, 0.6) is 0 Å². The summed E-state index contributed by atoms with van der Waals surface area (Å²) in [6.07, 6.45) is 0.570. The molecule has 1 aliphatic carbocycles. The van der Waals surface area contributed by atoms with Crippen LogP contribution in [0.25, 0.3) is 11.1 Å². The molecule has 34 heavy (non-hydrogen) atoms. The highest BCUT2D eigenvalue weighted by Gasteiger charge is 2.31. The molecule has 7 nitrogen and oxygen atoms in total. The number of carboxylic acids is 1. The fraction of sp³-hybridized carbons (Fsp3) is 0.444. The van der Waals surface area contributed by atoms with Crippen LogP contribution in [0.1, 0.15) is 57.1 Å². The minimum atomic E-state index is -0.841. The van der Waals surface area contributed by atoms with E-state index in [9.17, 15) is 14.4 Å². The number of nitrogens with zero attached hydrogens (tertiary/aromatic N) is 1. The van der Waals surface area contributed by atoms with E-state index in [0.717, 1.165) is 22.3 Å². The first-order chi connectivity index (χ1) is 16.3. The number of carboxylic acid groups (broad SMARTS) is 1. The van der Waals surface area contributed by atoms with E-state index in [4.69, 9.17) is 9.84 Å². The van der Waals surface area contributed by atoms with Gasteiger partial charge in [-0.25, -0.2) is 4.79 Å². The van der Waals surface area contributed by atoms with E-state index >= 15 is 0 Å². The van der Waals surface area contributed by atoms with Crippen LogP contribution in [0.3, 0.4) is 0 Å². The number of aliphatic carboxylic acids is 1. The Bertz CT molecular complexity index is 974. The molecule has 2 N–H and O–H groups in total. The van der Waals surface area contributed by atoms with Crippen molar-refractivity contribution in [3.63, 3.8) is 0 Å². The standard InChI is InChI=1S/C27H34N2O5/c1-4-29(16-10-9-15-24(30)31)26(32)25(18(2)3)28-27(33)34-17-23-21-13-7-5-11-19(21)20-12-6-8-14-22(20)23/h5-8,11-14,18,23,25H,4,9-10,15-17H2,1-3H3,(H,28,33)(H,30,31)/t25-/m1/s1. The number of fused-ring (bicyclic) bond motifs is 3. The minimum absolute atomic E-state index is 0.0484. The molecule has 2 aromatic rings. The lowest BCUT2D eigenvalue weighted by atomic mass is 9.98. The van der Waals surface area contributed by atoms with Crippen LogP contribution in [0.4, 0.5) is 4.79 Å². The molecule has 0 unspecified atom stereocenters. The zero-order valence-corrected chi connectivity index (χ0v) is 20.1. The van der Waals surface area contributed by atoms with Crippen LogP contribution in [0.15, 0.2) is 48.5 Å². The van der Waals surface area contributed by atoms with Gasteiger partial charge in [-0.15, -0.1) is 0 Å². The second kappa shape index (κ2) is 11.7. The number of amides is 2. The molecule has 0 aromatic heterocycles. The van der Waals surface area contributed by atoms with Gasteiger partial charge in [0.15, 0.2) is 0 Å². The van der Waals surface area contributed by atoms with Crippen molar-refractivity contribution in [2.75, 3.05) is 19.7 Å². The number of hydrogen-bond acceptors (Lipinski definition) is 4. The predicted octanol–water partition coefficient (Wildman–Crippen LogP) is 4.65. The number of nitrogens with one attached hydrogen (secondary N) is 1. The maximum absolute atomic E-state index is 13.1. The Hall–Kier alpha value is -3.35. The quantitative estimate of drug-likeness (QED) is 0.470. The SMILES string of the molecule is CCN(CCCCC(=O)O)C(=O)[C@H](NC(=O)OCC1c2ccccc2-c2ccccc21)C(C)C. The molecular weight excluding hydrogens is 432 g/mol. The third kappa shape index (κ3) is 5.95. The van der Waals surface area contributed by atoms with Crippen LogP contribution in [-0.4, -0.2) is 53.7 Å². The smallest absolute Gasteiger partial charge is 0.407 e. The fourth-order valence-corrected chi connectivity index (χ4v) is 4.48. The third-order valence-electron chi connectivity index (χ3n) is 6.31. The highest BCUT2D eigenvalue weighted by molar-refractivity contribution is 5.86. The topological polar surface area (TPSA) is 95.9 Å². The highest BCUT2D eigenvalue weighted by atomic mass is 16.5. The van der Waals surface area contributed by atoms with Crippen molar-refractivity contribution in [3.8, 4) is 11.1 Å². The van der Waals surface area contributed by atoms with Crippen molar-refractivity contribution in [1.29, 1.82) is 0 Å². The first-order valence-electron chi connectivity index (χ1n) is 12.0. The number of carbonyl (C=O) groups excluding carboxylic acids is 2. The molecule has 0 radical (unpaired) electrons. The van der Waals surface area contributed by atoms with Gasteiger partial charge in [0, 0.05) is 25.4 Å². The predicted molar refractivity (Wildman–Crippen MR) is 131 cm³/mol. The molecule has 2 amide bonds. The zero-order chi connectivity index (χ0) is 24.7. The Morgan fingerprint density at radius 3 is 2.12 bits per heavy atom. The summed E-state index contributed by atoms with van der Waals surface area (Å²) in [6.45, 7) is 6.76. The van der Waals surface area contributed by atoms with Gasteiger partial charge in [0.25, 0.3) is 0 Å². The van der Waals surface area contributed by atoms with E-state index in [1.54, 1.807) is 4.90 Å². The van der Waals surface area contributed by atoms with Crippen LogP contribution in [-0.2, 0) is 14.3 Å². The van der Waals surface area contributed by atoms with Gasteiger partial charge in [0.05, 0.1) is 0 Å². The van der Waals surface area contributed by atoms with E-state index in [0.29, 0.717) is 25.9 Å². The average molecular weight is 467 g/mol. The monoisotopic (exact) mass is 466 g/mol. The van der Waals surface area contributed by atoms with Gasteiger partial charge in [-0.1, -0.05) is 62.4 Å². The number of likely N-dealkylation sites (N-methyl/N-ethyl adjacent to an activating group) is 1. The van der Waals surface area contributed by atoms with E-state index in [1.807, 2.05) is 45.0 Å². The van der Waals surface area contributed by atoms with Crippen molar-refractivity contribution in [1.82, 2.24) is 10.2 Å². The molecule has 0 bridgehead atoms. The number of hydrogen-bond donors (Lipinski definition) is 2. The van der Waals surface area contributed by atoms with E-state index in [-0.39, 0.29) is 30.8 Å². The number of rotatable bonds is 11. The Morgan fingerprint density at radius 2 is 1.59 bits per heavy atom. The maximum atomic E-state index is 13.1. The minimum Gasteiger partial charge on any atom is -0.481 e. The molecule has 1 atom stereocenters. The summed E-state index contributed by atoms with van der Waals surface area (Å²) in [5.74, 6) is -1.19. The molecule has 0 aliphatic heterocycles. The van der Waals surface area contributed by atoms with Gasteiger partial charge in [0.1, 0.15) is 12.6 Å². The largest absolute Gasteiger partial charge is 0.481 e. The number of unbranched alkanes of at least 4 members (excludes halogenated alkanes) is 1. The molecular formula is C27H34N2O5. The van der Waals surface area contributed by atoms with Gasteiger partial charge in [-0.05, 0) is 47.9 Å². The molecule has 0 heterocycles. The van der Waals surface area contributed by atoms with Crippen molar-refractivity contribution in [3.05, 3.63) is 59.7 Å². The van der Waals surface area contributed by atoms with E-state index < -0.39 is 18.1 Å². The number of carbonyl (C=O) groups is 3. The molecule has 0 fully saturated rings. The first-order valence-corrected chi connectivity index (χ1v) is 12.0. The normalized spacial score (nSPS) is 13.2. The summed E-state index contributed by atoms with van der Waals surface area (Å²) >= 11 is 0. The Balaban J connectivity index is 1.61. The molecule has 182 valence electrons. The molecule has 3 rings (SSSR count). The first kappa shape index (κ1) is 25.3. The maximum Gasteiger partial charge on any atom is 0.407 e. The van der Waals surface area contributed by atoms with Crippen molar-refractivity contribution >= 4 is 18.0 Å². The van der Waals surface area contributed by atoms with Crippen LogP contribution >= 0.6 is 0 Å². The molecule has 0 spiro atoms. The van der Waals surface area contributed by atoms with Gasteiger partial charge in [0.2, 0.25) is 5.91 Å². The van der Waals surface area contributed by atoms with Gasteiger partial charge in [-0.2, -0.15) is 0 Å². The molecule has 0 saturated heterocycles. The second-order valence-electron chi connectivity index (χ2n) is 8.96. The average Bonchev–Trinajstić information content (AvgIpc) is 3.14. The van der Waals surface area contributed by atoms with Crippen LogP contribution in [0, 0.1) is 5.92 Å². The molecule has 1 aliphatic rings. The summed E-state index contributed by atoms with van der Waals surface area (Å²) in [4.78, 5) is 38.2. The molecule has 0 saturated carbocycles. The lowest BCUT2D eigenvalue weighted by Crippen LogP contribution is -2.51. The van der Waals surface area contributed by atoms with E-state index in [1.165, 1.54) is 0 Å².